The van der Waals surface area contributed by atoms with Crippen molar-refractivity contribution in [3.8, 4) is 11.3 Å². The molecule has 0 atom stereocenters. The number of nitrogens with zero attached hydrogens (tertiary/aromatic N) is 4. The zero-order valence-corrected chi connectivity index (χ0v) is 15.3. The molecule has 0 spiro atoms. The van der Waals surface area contributed by atoms with Crippen molar-refractivity contribution in [3.05, 3.63) is 59.1 Å². The minimum absolute atomic E-state index is 0.111. The standard InChI is InChI=1S/C20H22N4O3/c1-14-2-4-15(5-3-14)19-11-18(27-22-19)13-23-8-9-24-17(12-23)10-16(21-24)6-7-20(25)26/h2-5,10-11H,6-9,12-13H2,1H3,(H,25,26). The fourth-order valence-corrected chi connectivity index (χ4v) is 3.34. The lowest BCUT2D eigenvalue weighted by atomic mass is 10.1. The highest BCUT2D eigenvalue weighted by Gasteiger charge is 2.20. The lowest BCUT2D eigenvalue weighted by molar-refractivity contribution is -0.136. The molecular weight excluding hydrogens is 344 g/mol. The van der Waals surface area contributed by atoms with Gasteiger partial charge in [0.1, 0.15) is 5.69 Å². The van der Waals surface area contributed by atoms with Crippen molar-refractivity contribution >= 4 is 5.97 Å². The van der Waals surface area contributed by atoms with Crippen LogP contribution in [-0.2, 0) is 30.8 Å². The van der Waals surface area contributed by atoms with Gasteiger partial charge in [0.25, 0.3) is 0 Å². The van der Waals surface area contributed by atoms with Gasteiger partial charge in [-0.1, -0.05) is 35.0 Å². The Hall–Kier alpha value is -2.93. The normalized spacial score (nSPS) is 14.3. The first-order chi connectivity index (χ1) is 13.1. The first-order valence-electron chi connectivity index (χ1n) is 9.09. The van der Waals surface area contributed by atoms with E-state index in [9.17, 15) is 4.79 Å². The third kappa shape index (κ3) is 4.09. The highest BCUT2D eigenvalue weighted by Crippen LogP contribution is 2.22. The average molecular weight is 366 g/mol. The summed E-state index contributed by atoms with van der Waals surface area (Å²) < 4.78 is 7.51. The number of rotatable bonds is 6. The van der Waals surface area contributed by atoms with Crippen LogP contribution >= 0.6 is 0 Å². The number of carboxylic acids is 1. The van der Waals surface area contributed by atoms with Crippen LogP contribution < -0.4 is 0 Å². The molecule has 0 unspecified atom stereocenters. The Morgan fingerprint density at radius 2 is 2.04 bits per heavy atom. The molecule has 0 aliphatic carbocycles. The summed E-state index contributed by atoms with van der Waals surface area (Å²) >= 11 is 0. The van der Waals surface area contributed by atoms with Crippen molar-refractivity contribution in [1.29, 1.82) is 0 Å². The molecule has 0 radical (unpaired) electrons. The van der Waals surface area contributed by atoms with Crippen LogP contribution in [0.3, 0.4) is 0 Å². The van der Waals surface area contributed by atoms with E-state index in [0.717, 1.165) is 48.0 Å². The summed E-state index contributed by atoms with van der Waals surface area (Å²) in [6.07, 6.45) is 0.581. The van der Waals surface area contributed by atoms with Gasteiger partial charge < -0.3 is 9.63 Å². The number of aliphatic carboxylic acids is 1. The van der Waals surface area contributed by atoms with Gasteiger partial charge in [0.05, 0.1) is 30.9 Å². The van der Waals surface area contributed by atoms with E-state index in [1.54, 1.807) is 0 Å². The summed E-state index contributed by atoms with van der Waals surface area (Å²) in [5.74, 6) is 0.0435. The smallest absolute Gasteiger partial charge is 0.303 e. The van der Waals surface area contributed by atoms with E-state index in [0.29, 0.717) is 13.0 Å². The van der Waals surface area contributed by atoms with Crippen molar-refractivity contribution in [2.24, 2.45) is 0 Å². The Balaban J connectivity index is 1.40. The molecule has 0 fully saturated rings. The summed E-state index contributed by atoms with van der Waals surface area (Å²) in [5, 5.41) is 17.5. The number of aryl methyl sites for hydroxylation is 2. The molecule has 2 aromatic heterocycles. The second-order valence-electron chi connectivity index (χ2n) is 7.00. The van der Waals surface area contributed by atoms with Crippen LogP contribution in [0.25, 0.3) is 11.3 Å². The molecule has 27 heavy (non-hydrogen) atoms. The fourth-order valence-electron chi connectivity index (χ4n) is 3.34. The Kier molecular flexibility index (Phi) is 4.77. The quantitative estimate of drug-likeness (QED) is 0.722. The molecule has 1 aliphatic heterocycles. The molecule has 1 N–H and O–H groups in total. The average Bonchev–Trinajstić information content (AvgIpc) is 3.27. The van der Waals surface area contributed by atoms with Crippen LogP contribution in [0, 0.1) is 6.92 Å². The molecular formula is C20H22N4O3. The monoisotopic (exact) mass is 366 g/mol. The molecule has 4 rings (SSSR count). The molecule has 1 aliphatic rings. The summed E-state index contributed by atoms with van der Waals surface area (Å²) in [5.41, 5.74) is 5.07. The van der Waals surface area contributed by atoms with E-state index in [-0.39, 0.29) is 6.42 Å². The maximum Gasteiger partial charge on any atom is 0.303 e. The van der Waals surface area contributed by atoms with Crippen molar-refractivity contribution in [2.45, 2.75) is 39.4 Å². The van der Waals surface area contributed by atoms with Gasteiger partial charge >= 0.3 is 5.97 Å². The van der Waals surface area contributed by atoms with Gasteiger partial charge in [0.2, 0.25) is 0 Å². The Bertz CT molecular complexity index is 943. The summed E-state index contributed by atoms with van der Waals surface area (Å²) in [7, 11) is 0. The van der Waals surface area contributed by atoms with E-state index >= 15 is 0 Å². The SMILES string of the molecule is Cc1ccc(-c2cc(CN3CCn4nc(CCC(=O)O)cc4C3)on2)cc1. The number of carbonyl (C=O) groups is 1. The number of fused-ring (bicyclic) bond motifs is 1. The maximum absolute atomic E-state index is 10.7. The van der Waals surface area contributed by atoms with Gasteiger partial charge in [0, 0.05) is 31.1 Å². The highest BCUT2D eigenvalue weighted by molar-refractivity contribution is 5.67. The van der Waals surface area contributed by atoms with E-state index in [1.807, 2.05) is 16.8 Å². The first kappa shape index (κ1) is 17.5. The van der Waals surface area contributed by atoms with E-state index < -0.39 is 5.97 Å². The van der Waals surface area contributed by atoms with Crippen molar-refractivity contribution < 1.29 is 14.4 Å². The molecule has 0 saturated heterocycles. The third-order valence-electron chi connectivity index (χ3n) is 4.81. The Morgan fingerprint density at radius 1 is 1.22 bits per heavy atom. The Labute approximate surface area is 157 Å². The van der Waals surface area contributed by atoms with Crippen molar-refractivity contribution in [2.75, 3.05) is 6.54 Å². The first-order valence-corrected chi connectivity index (χ1v) is 9.09. The van der Waals surface area contributed by atoms with Gasteiger partial charge in [0.15, 0.2) is 5.76 Å². The fraction of sp³-hybridized carbons (Fsp3) is 0.350. The lowest BCUT2D eigenvalue weighted by Crippen LogP contribution is -2.33. The minimum atomic E-state index is -0.794. The predicted octanol–water partition coefficient (Wildman–Crippen LogP) is 2.88. The number of hydrogen-bond donors (Lipinski definition) is 1. The lowest BCUT2D eigenvalue weighted by Gasteiger charge is -2.26. The predicted molar refractivity (Wildman–Crippen MR) is 99.0 cm³/mol. The molecule has 0 saturated carbocycles. The van der Waals surface area contributed by atoms with Gasteiger partial charge in [-0.2, -0.15) is 5.10 Å². The summed E-state index contributed by atoms with van der Waals surface area (Å²) in [4.78, 5) is 13.0. The van der Waals surface area contributed by atoms with Gasteiger partial charge in [-0.25, -0.2) is 0 Å². The van der Waals surface area contributed by atoms with Crippen LogP contribution in [0.2, 0.25) is 0 Å². The summed E-state index contributed by atoms with van der Waals surface area (Å²) in [6, 6.07) is 12.2. The zero-order valence-electron chi connectivity index (χ0n) is 15.3. The van der Waals surface area contributed by atoms with Crippen LogP contribution in [-0.4, -0.2) is 37.5 Å². The van der Waals surface area contributed by atoms with Crippen molar-refractivity contribution in [1.82, 2.24) is 19.8 Å². The Morgan fingerprint density at radius 3 is 2.81 bits per heavy atom. The zero-order chi connectivity index (χ0) is 18.8. The van der Waals surface area contributed by atoms with Crippen LogP contribution in [0.4, 0.5) is 0 Å². The van der Waals surface area contributed by atoms with Gasteiger partial charge in [-0.15, -0.1) is 0 Å². The largest absolute Gasteiger partial charge is 0.481 e. The molecule has 7 nitrogen and oxygen atoms in total. The molecule has 140 valence electrons. The molecule has 0 amide bonds. The van der Waals surface area contributed by atoms with Crippen molar-refractivity contribution in [3.63, 3.8) is 0 Å². The van der Waals surface area contributed by atoms with Gasteiger partial charge in [-0.3, -0.25) is 14.4 Å². The number of hydrogen-bond acceptors (Lipinski definition) is 5. The summed E-state index contributed by atoms with van der Waals surface area (Å²) in [6.45, 7) is 5.18. The molecule has 3 heterocycles. The van der Waals surface area contributed by atoms with Gasteiger partial charge in [-0.05, 0) is 13.0 Å². The second-order valence-corrected chi connectivity index (χ2v) is 7.00. The molecule has 1 aromatic carbocycles. The number of aromatic nitrogens is 3. The van der Waals surface area contributed by atoms with Crippen LogP contribution in [0.1, 0.15) is 29.1 Å². The number of benzene rings is 1. The molecule has 0 bridgehead atoms. The van der Waals surface area contributed by atoms with E-state index in [2.05, 4.69) is 46.3 Å². The molecule has 7 heteroatoms. The van der Waals surface area contributed by atoms with E-state index in [4.69, 9.17) is 9.63 Å². The van der Waals surface area contributed by atoms with Crippen LogP contribution in [0.5, 0.6) is 0 Å². The maximum atomic E-state index is 10.7. The highest BCUT2D eigenvalue weighted by atomic mass is 16.5. The second kappa shape index (κ2) is 7.36. The van der Waals surface area contributed by atoms with Crippen LogP contribution in [0.15, 0.2) is 40.9 Å². The van der Waals surface area contributed by atoms with E-state index in [1.165, 1.54) is 5.56 Å². The third-order valence-corrected chi connectivity index (χ3v) is 4.81. The topological polar surface area (TPSA) is 84.4 Å². The number of carboxylic acid groups (broad SMARTS) is 1. The molecule has 3 aromatic rings. The minimum Gasteiger partial charge on any atom is -0.481 e.